The number of nitrogens with zero attached hydrogens (tertiary/aromatic N) is 3. The zero-order chi connectivity index (χ0) is 24.4. The van der Waals surface area contributed by atoms with E-state index in [9.17, 15) is 9.59 Å². The smallest absolute Gasteiger partial charge is 0.266 e. The number of para-hydroxylation sites is 3. The van der Waals surface area contributed by atoms with E-state index >= 15 is 0 Å². The average Bonchev–Trinajstić information content (AvgIpc) is 3.29. The molecule has 1 aliphatic heterocycles. The van der Waals surface area contributed by atoms with Crippen LogP contribution in [0.25, 0.3) is 16.9 Å². The molecule has 7 nitrogen and oxygen atoms in total. The molecule has 1 aliphatic rings. The van der Waals surface area contributed by atoms with Crippen molar-refractivity contribution in [3.05, 3.63) is 95.6 Å². The van der Waals surface area contributed by atoms with Crippen LogP contribution in [0.1, 0.15) is 12.0 Å². The summed E-state index contributed by atoms with van der Waals surface area (Å²) in [5, 5.41) is 8.23. The highest BCUT2D eigenvalue weighted by Crippen LogP contribution is 2.30. The zero-order valence-corrected chi connectivity index (χ0v) is 19.8. The minimum Gasteiger partial charge on any atom is -0.478 e. The molecule has 0 spiro atoms. The van der Waals surface area contributed by atoms with E-state index in [0.29, 0.717) is 23.0 Å². The Bertz CT molecular complexity index is 1370. The molecule has 1 atom stereocenters. The van der Waals surface area contributed by atoms with Gasteiger partial charge >= 0.3 is 0 Å². The van der Waals surface area contributed by atoms with Crippen molar-refractivity contribution in [2.45, 2.75) is 19.1 Å². The van der Waals surface area contributed by atoms with Crippen LogP contribution >= 0.6 is 11.6 Å². The summed E-state index contributed by atoms with van der Waals surface area (Å²) in [6, 6.07) is 24.4. The van der Waals surface area contributed by atoms with Gasteiger partial charge < -0.3 is 15.0 Å². The molecular formula is C27H23ClN4O3. The molecule has 2 amide bonds. The standard InChI is InChI=1S/C27H23ClN4O3/c1-31(25(33)15-24-27(34)29-22-9-5-6-10-23(22)35-24)16-19-17-32(21-7-3-2-4-8-21)30-26(19)18-11-13-20(28)14-12-18/h2-14,17,24H,15-16H2,1H3,(H,29,34)/t24-/m1/s1. The maximum Gasteiger partial charge on any atom is 0.266 e. The molecule has 176 valence electrons. The topological polar surface area (TPSA) is 76.5 Å². The summed E-state index contributed by atoms with van der Waals surface area (Å²) in [6.07, 6.45) is 0.964. The summed E-state index contributed by atoms with van der Waals surface area (Å²) >= 11 is 6.08. The molecule has 5 rings (SSSR count). The van der Waals surface area contributed by atoms with E-state index in [2.05, 4.69) is 5.32 Å². The van der Waals surface area contributed by atoms with Gasteiger partial charge in [-0.1, -0.05) is 54.1 Å². The Morgan fingerprint density at radius 2 is 1.77 bits per heavy atom. The van der Waals surface area contributed by atoms with Gasteiger partial charge in [-0.2, -0.15) is 5.10 Å². The van der Waals surface area contributed by atoms with Gasteiger partial charge in [-0.3, -0.25) is 9.59 Å². The highest BCUT2D eigenvalue weighted by atomic mass is 35.5. The molecule has 4 aromatic rings. The fraction of sp³-hybridized carbons (Fsp3) is 0.148. The van der Waals surface area contributed by atoms with E-state index in [1.807, 2.05) is 72.9 Å². The second-order valence-corrected chi connectivity index (χ2v) is 8.77. The number of nitrogens with one attached hydrogen (secondary N) is 1. The van der Waals surface area contributed by atoms with Crippen LogP contribution in [0.3, 0.4) is 0 Å². The summed E-state index contributed by atoms with van der Waals surface area (Å²) in [6.45, 7) is 0.314. The van der Waals surface area contributed by atoms with E-state index < -0.39 is 6.10 Å². The monoisotopic (exact) mass is 486 g/mol. The summed E-state index contributed by atoms with van der Waals surface area (Å²) < 4.78 is 7.59. The summed E-state index contributed by atoms with van der Waals surface area (Å²) in [5.41, 5.74) is 4.04. The van der Waals surface area contributed by atoms with Gasteiger partial charge in [-0.25, -0.2) is 4.68 Å². The van der Waals surface area contributed by atoms with Crippen molar-refractivity contribution in [3.63, 3.8) is 0 Å². The highest BCUT2D eigenvalue weighted by Gasteiger charge is 2.30. The van der Waals surface area contributed by atoms with Gasteiger partial charge in [0.05, 0.1) is 23.5 Å². The Labute approximate surface area is 207 Å². The quantitative estimate of drug-likeness (QED) is 0.419. The molecule has 2 heterocycles. The first kappa shape index (κ1) is 22.7. The van der Waals surface area contributed by atoms with E-state index in [1.54, 1.807) is 28.8 Å². The lowest BCUT2D eigenvalue weighted by atomic mass is 10.1. The molecule has 0 radical (unpaired) electrons. The van der Waals surface area contributed by atoms with E-state index in [4.69, 9.17) is 21.4 Å². The molecule has 0 fully saturated rings. The normalized spacial score (nSPS) is 14.6. The third kappa shape index (κ3) is 4.90. The second kappa shape index (κ2) is 9.64. The lowest BCUT2D eigenvalue weighted by Gasteiger charge is -2.27. The molecule has 0 bridgehead atoms. The molecule has 8 heteroatoms. The van der Waals surface area contributed by atoms with E-state index in [0.717, 1.165) is 22.5 Å². The first-order valence-electron chi connectivity index (χ1n) is 11.2. The molecule has 0 saturated heterocycles. The van der Waals surface area contributed by atoms with Crippen LogP contribution in [0.15, 0.2) is 85.1 Å². The maximum atomic E-state index is 13.1. The van der Waals surface area contributed by atoms with Gasteiger partial charge in [0.1, 0.15) is 5.75 Å². The number of hydrogen-bond acceptors (Lipinski definition) is 4. The number of ether oxygens (including phenoxy) is 1. The minimum atomic E-state index is -0.886. The maximum absolute atomic E-state index is 13.1. The van der Waals surface area contributed by atoms with Crippen molar-refractivity contribution in [1.29, 1.82) is 0 Å². The third-order valence-electron chi connectivity index (χ3n) is 5.83. The third-order valence-corrected chi connectivity index (χ3v) is 6.08. The number of halogens is 1. The number of aromatic nitrogens is 2. The highest BCUT2D eigenvalue weighted by molar-refractivity contribution is 6.30. The van der Waals surface area contributed by atoms with Crippen molar-refractivity contribution in [3.8, 4) is 22.7 Å². The van der Waals surface area contributed by atoms with Crippen LogP contribution in [-0.2, 0) is 16.1 Å². The molecule has 35 heavy (non-hydrogen) atoms. The van der Waals surface area contributed by atoms with Crippen LogP contribution in [0.4, 0.5) is 5.69 Å². The second-order valence-electron chi connectivity index (χ2n) is 8.34. The Morgan fingerprint density at radius 1 is 1.06 bits per heavy atom. The Hall–Kier alpha value is -4.10. The van der Waals surface area contributed by atoms with Crippen molar-refractivity contribution >= 4 is 29.1 Å². The molecule has 3 aromatic carbocycles. The first-order valence-corrected chi connectivity index (χ1v) is 11.6. The van der Waals surface area contributed by atoms with Crippen molar-refractivity contribution in [2.24, 2.45) is 0 Å². The van der Waals surface area contributed by atoms with Crippen LogP contribution in [0.2, 0.25) is 5.02 Å². The molecular weight excluding hydrogens is 464 g/mol. The number of hydrogen-bond donors (Lipinski definition) is 1. The lowest BCUT2D eigenvalue weighted by Crippen LogP contribution is -2.41. The van der Waals surface area contributed by atoms with Gasteiger partial charge in [-0.05, 0) is 36.4 Å². The summed E-state index contributed by atoms with van der Waals surface area (Å²) in [5.74, 6) is 0.0185. The van der Waals surface area contributed by atoms with E-state index in [-0.39, 0.29) is 18.2 Å². The molecule has 0 aliphatic carbocycles. The van der Waals surface area contributed by atoms with Gasteiger partial charge in [-0.15, -0.1) is 0 Å². The fourth-order valence-electron chi connectivity index (χ4n) is 3.97. The number of rotatable bonds is 6. The minimum absolute atomic E-state index is 0.0697. The SMILES string of the molecule is CN(Cc1cn(-c2ccccc2)nc1-c1ccc(Cl)cc1)C(=O)C[C@H]1Oc2ccccc2NC1=O. The fourth-order valence-corrected chi connectivity index (χ4v) is 4.10. The molecule has 0 saturated carbocycles. The van der Waals surface area contributed by atoms with Crippen LogP contribution in [0, 0.1) is 0 Å². The number of anilines is 1. The first-order chi connectivity index (χ1) is 17.0. The lowest BCUT2D eigenvalue weighted by molar-refractivity contribution is -0.136. The molecule has 0 unspecified atom stereocenters. The van der Waals surface area contributed by atoms with Gasteiger partial charge in [0.25, 0.3) is 5.91 Å². The van der Waals surface area contributed by atoms with Crippen LogP contribution < -0.4 is 10.1 Å². The number of benzene rings is 3. The summed E-state index contributed by atoms with van der Waals surface area (Å²) in [7, 11) is 1.71. The number of fused-ring (bicyclic) bond motifs is 1. The Balaban J connectivity index is 1.36. The van der Waals surface area contributed by atoms with Crippen molar-refractivity contribution in [1.82, 2.24) is 14.7 Å². The Kier molecular flexibility index (Phi) is 6.25. The van der Waals surface area contributed by atoms with Crippen LogP contribution in [0.5, 0.6) is 5.75 Å². The zero-order valence-electron chi connectivity index (χ0n) is 19.0. The number of amides is 2. The summed E-state index contributed by atoms with van der Waals surface area (Å²) in [4.78, 5) is 27.1. The van der Waals surface area contributed by atoms with Gasteiger partial charge in [0.2, 0.25) is 5.91 Å². The van der Waals surface area contributed by atoms with Crippen LogP contribution in [-0.4, -0.2) is 39.6 Å². The van der Waals surface area contributed by atoms with E-state index in [1.165, 1.54) is 0 Å². The van der Waals surface area contributed by atoms with Crippen molar-refractivity contribution in [2.75, 3.05) is 12.4 Å². The predicted molar refractivity (Wildman–Crippen MR) is 135 cm³/mol. The Morgan fingerprint density at radius 3 is 2.54 bits per heavy atom. The largest absolute Gasteiger partial charge is 0.478 e. The molecule has 1 N–H and O–H groups in total. The number of carbonyl (C=O) groups excluding carboxylic acids is 2. The predicted octanol–water partition coefficient (Wildman–Crippen LogP) is 4.94. The molecule has 1 aromatic heterocycles. The number of carbonyl (C=O) groups is 2. The van der Waals surface area contributed by atoms with Crippen molar-refractivity contribution < 1.29 is 14.3 Å². The van der Waals surface area contributed by atoms with Gasteiger partial charge in [0.15, 0.2) is 6.10 Å². The van der Waals surface area contributed by atoms with Gasteiger partial charge in [0, 0.05) is 35.9 Å². The average molecular weight is 487 g/mol.